The van der Waals surface area contributed by atoms with Crippen LogP contribution in [-0.2, 0) is 9.53 Å². The maximum Gasteiger partial charge on any atom is 0.326 e. The van der Waals surface area contributed by atoms with Crippen molar-refractivity contribution in [3.63, 3.8) is 0 Å². The van der Waals surface area contributed by atoms with Gasteiger partial charge in [0.05, 0.1) is 7.11 Å². The van der Waals surface area contributed by atoms with Crippen molar-refractivity contribution in [2.75, 3.05) is 13.7 Å². The summed E-state index contributed by atoms with van der Waals surface area (Å²) in [4.78, 5) is 12.0. The Morgan fingerprint density at radius 1 is 1.52 bits per heavy atom. The summed E-state index contributed by atoms with van der Waals surface area (Å²) in [7, 11) is 1.39. The Balaban J connectivity index is 2.06. The first-order valence-corrected chi connectivity index (χ1v) is 7.27. The first kappa shape index (κ1) is 15.8. The first-order chi connectivity index (χ1) is 10.0. The number of methoxy groups -OCH3 is 1. The maximum absolute atomic E-state index is 13.5. The van der Waals surface area contributed by atoms with Gasteiger partial charge in [0.1, 0.15) is 23.2 Å². The second-order valence-corrected chi connectivity index (χ2v) is 5.50. The van der Waals surface area contributed by atoms with E-state index >= 15 is 0 Å². The molecule has 0 spiro atoms. The van der Waals surface area contributed by atoms with E-state index in [0.29, 0.717) is 30.7 Å². The molecule has 0 aromatic heterocycles. The van der Waals surface area contributed by atoms with E-state index in [-0.39, 0.29) is 17.9 Å². The van der Waals surface area contributed by atoms with Crippen LogP contribution in [0.1, 0.15) is 31.7 Å². The van der Waals surface area contributed by atoms with Crippen LogP contribution in [0.25, 0.3) is 0 Å². The van der Waals surface area contributed by atoms with E-state index in [2.05, 4.69) is 5.32 Å². The van der Waals surface area contributed by atoms with Gasteiger partial charge in [-0.3, -0.25) is 4.79 Å². The van der Waals surface area contributed by atoms with Crippen LogP contribution in [0, 0.1) is 12.7 Å². The molecule has 2 atom stereocenters. The third-order valence-electron chi connectivity index (χ3n) is 4.01. The molecule has 116 valence electrons. The smallest absolute Gasteiger partial charge is 0.326 e. The predicted molar refractivity (Wildman–Crippen MR) is 77.8 cm³/mol. The lowest BCUT2D eigenvalue weighted by molar-refractivity contribution is -0.148. The number of aryl methyl sites for hydroxylation is 1. The van der Waals surface area contributed by atoms with Crippen LogP contribution in [0.2, 0.25) is 0 Å². The molecule has 1 aliphatic rings. The molecule has 2 unspecified atom stereocenters. The van der Waals surface area contributed by atoms with Gasteiger partial charge in [-0.25, -0.2) is 4.39 Å². The van der Waals surface area contributed by atoms with Crippen molar-refractivity contribution >= 4 is 5.97 Å². The summed E-state index contributed by atoms with van der Waals surface area (Å²) in [5.41, 5.74) is -0.0949. The molecule has 0 radical (unpaired) electrons. The Morgan fingerprint density at radius 2 is 2.29 bits per heavy atom. The van der Waals surface area contributed by atoms with Crippen LogP contribution in [0.4, 0.5) is 4.39 Å². The van der Waals surface area contributed by atoms with E-state index in [4.69, 9.17) is 9.47 Å². The number of esters is 1. The second-order valence-electron chi connectivity index (χ2n) is 5.50. The summed E-state index contributed by atoms with van der Waals surface area (Å²) in [5.74, 6) is -0.0396. The number of hydrogen-bond donors (Lipinski definition) is 1. The van der Waals surface area contributed by atoms with Gasteiger partial charge in [0.2, 0.25) is 0 Å². The van der Waals surface area contributed by atoms with Crippen molar-refractivity contribution in [2.24, 2.45) is 0 Å². The predicted octanol–water partition coefficient (Wildman–Crippen LogP) is 2.59. The van der Waals surface area contributed by atoms with Crippen molar-refractivity contribution in [2.45, 2.75) is 44.8 Å². The summed E-state index contributed by atoms with van der Waals surface area (Å²) in [5, 5.41) is 3.22. The molecule has 1 aromatic rings. The standard InChI is InChI=1S/C16H22FNO3/c1-4-18-16(15(19)20-3)8-7-13(10-16)21-12-6-5-11(2)14(17)9-12/h5-6,9,13,18H,4,7-8,10H2,1-3H3. The number of carbonyl (C=O) groups is 1. The third-order valence-corrected chi connectivity index (χ3v) is 4.01. The van der Waals surface area contributed by atoms with Crippen LogP contribution < -0.4 is 10.1 Å². The number of hydrogen-bond acceptors (Lipinski definition) is 4. The molecule has 1 saturated carbocycles. The molecule has 1 aromatic carbocycles. The van der Waals surface area contributed by atoms with Crippen LogP contribution >= 0.6 is 0 Å². The number of ether oxygens (including phenoxy) is 2. The van der Waals surface area contributed by atoms with Crippen LogP contribution in [-0.4, -0.2) is 31.3 Å². The van der Waals surface area contributed by atoms with Gasteiger partial charge in [0.15, 0.2) is 0 Å². The van der Waals surface area contributed by atoms with Crippen LogP contribution in [0.5, 0.6) is 5.75 Å². The highest BCUT2D eigenvalue weighted by molar-refractivity contribution is 5.81. The molecule has 21 heavy (non-hydrogen) atoms. The maximum atomic E-state index is 13.5. The molecule has 0 amide bonds. The molecule has 4 nitrogen and oxygen atoms in total. The minimum absolute atomic E-state index is 0.120. The van der Waals surface area contributed by atoms with Crippen molar-refractivity contribution in [1.82, 2.24) is 5.32 Å². The zero-order valence-corrected chi connectivity index (χ0v) is 12.7. The number of rotatable bonds is 5. The van der Waals surface area contributed by atoms with Gasteiger partial charge in [-0.05, 0) is 37.9 Å². The molecule has 0 aliphatic heterocycles. The van der Waals surface area contributed by atoms with Crippen molar-refractivity contribution in [3.05, 3.63) is 29.6 Å². The fourth-order valence-electron chi connectivity index (χ4n) is 2.89. The van der Waals surface area contributed by atoms with E-state index in [9.17, 15) is 9.18 Å². The van der Waals surface area contributed by atoms with Crippen LogP contribution in [0.15, 0.2) is 18.2 Å². The number of carbonyl (C=O) groups excluding carboxylic acids is 1. The van der Waals surface area contributed by atoms with Gasteiger partial charge < -0.3 is 14.8 Å². The SMILES string of the molecule is CCNC1(C(=O)OC)CCC(Oc2ccc(C)c(F)c2)C1. The molecule has 0 saturated heterocycles. The summed E-state index contributed by atoms with van der Waals surface area (Å²) in [6.45, 7) is 4.34. The highest BCUT2D eigenvalue weighted by Crippen LogP contribution is 2.34. The molecule has 1 fully saturated rings. The lowest BCUT2D eigenvalue weighted by Gasteiger charge is -2.27. The van der Waals surface area contributed by atoms with E-state index in [1.54, 1.807) is 19.1 Å². The largest absolute Gasteiger partial charge is 0.490 e. The molecule has 0 heterocycles. The van der Waals surface area contributed by atoms with E-state index in [1.165, 1.54) is 13.2 Å². The number of halogens is 1. The number of benzene rings is 1. The highest BCUT2D eigenvalue weighted by atomic mass is 19.1. The number of nitrogens with one attached hydrogen (secondary N) is 1. The zero-order chi connectivity index (χ0) is 15.5. The Morgan fingerprint density at radius 3 is 2.90 bits per heavy atom. The minimum Gasteiger partial charge on any atom is -0.490 e. The molecule has 0 bridgehead atoms. The first-order valence-electron chi connectivity index (χ1n) is 7.27. The molecule has 5 heteroatoms. The van der Waals surface area contributed by atoms with Crippen molar-refractivity contribution in [3.8, 4) is 5.75 Å². The molecule has 1 N–H and O–H groups in total. The molecular weight excluding hydrogens is 273 g/mol. The fourth-order valence-corrected chi connectivity index (χ4v) is 2.89. The summed E-state index contributed by atoms with van der Waals surface area (Å²) in [6.07, 6.45) is 1.80. The Labute approximate surface area is 124 Å². The average Bonchev–Trinajstić information content (AvgIpc) is 2.87. The third kappa shape index (κ3) is 3.35. The molecular formula is C16H22FNO3. The quantitative estimate of drug-likeness (QED) is 0.848. The minimum atomic E-state index is -0.683. The Bertz CT molecular complexity index is 520. The topological polar surface area (TPSA) is 47.6 Å². The van der Waals surface area contributed by atoms with Gasteiger partial charge in [0, 0.05) is 12.5 Å². The fraction of sp³-hybridized carbons (Fsp3) is 0.562. The highest BCUT2D eigenvalue weighted by Gasteiger charge is 2.46. The van der Waals surface area contributed by atoms with Crippen molar-refractivity contribution in [1.29, 1.82) is 0 Å². The summed E-state index contributed by atoms with van der Waals surface area (Å²) in [6, 6.07) is 4.84. The van der Waals surface area contributed by atoms with E-state index < -0.39 is 5.54 Å². The van der Waals surface area contributed by atoms with E-state index in [0.717, 1.165) is 6.42 Å². The van der Waals surface area contributed by atoms with Crippen LogP contribution in [0.3, 0.4) is 0 Å². The van der Waals surface area contributed by atoms with Gasteiger partial charge in [0.25, 0.3) is 0 Å². The number of likely N-dealkylation sites (N-methyl/N-ethyl adjacent to an activating group) is 1. The Hall–Kier alpha value is -1.62. The molecule has 1 aliphatic carbocycles. The molecule has 2 rings (SSSR count). The van der Waals surface area contributed by atoms with Gasteiger partial charge in [-0.1, -0.05) is 13.0 Å². The lowest BCUT2D eigenvalue weighted by atomic mass is 9.97. The Kier molecular flexibility index (Phi) is 4.83. The second kappa shape index (κ2) is 6.43. The lowest BCUT2D eigenvalue weighted by Crippen LogP contribution is -2.51. The summed E-state index contributed by atoms with van der Waals surface area (Å²) >= 11 is 0. The van der Waals surface area contributed by atoms with Crippen molar-refractivity contribution < 1.29 is 18.7 Å². The van der Waals surface area contributed by atoms with Gasteiger partial charge >= 0.3 is 5.97 Å². The van der Waals surface area contributed by atoms with Gasteiger partial charge in [-0.2, -0.15) is 0 Å². The zero-order valence-electron chi connectivity index (χ0n) is 12.7. The average molecular weight is 295 g/mol. The normalized spacial score (nSPS) is 24.9. The van der Waals surface area contributed by atoms with Gasteiger partial charge in [-0.15, -0.1) is 0 Å². The monoisotopic (exact) mass is 295 g/mol. The summed E-state index contributed by atoms with van der Waals surface area (Å²) < 4.78 is 24.3. The van der Waals surface area contributed by atoms with E-state index in [1.807, 2.05) is 6.92 Å².